The molecule has 0 bridgehead atoms. The van der Waals surface area contributed by atoms with E-state index < -0.39 is 11.9 Å². The highest BCUT2D eigenvalue weighted by atomic mass is 35.5. The molecule has 0 aliphatic carbocycles. The van der Waals surface area contributed by atoms with Gasteiger partial charge < -0.3 is 14.8 Å². The maximum Gasteiger partial charge on any atom is 0.435 e. The third kappa shape index (κ3) is 7.47. The Labute approximate surface area is 235 Å². The van der Waals surface area contributed by atoms with Gasteiger partial charge in [-0.2, -0.15) is 23.4 Å². The number of hydrogen-bond donors (Lipinski definition) is 2. The van der Waals surface area contributed by atoms with E-state index in [9.17, 15) is 18.0 Å². The Morgan fingerprint density at radius 1 is 1.15 bits per heavy atom. The molecule has 12 heteroatoms. The number of carbonyl (C=O) groups excluding carboxylic acids is 1. The highest BCUT2D eigenvalue weighted by Gasteiger charge is 2.34. The monoisotopic (exact) mass is 579 g/mol. The zero-order valence-corrected chi connectivity index (χ0v) is 23.9. The number of benzene rings is 2. The number of aryl methyl sites for hydroxylation is 1. The van der Waals surface area contributed by atoms with Crippen LogP contribution in [-0.2, 0) is 11.0 Å². The minimum absolute atomic E-state index is 0.0130. The summed E-state index contributed by atoms with van der Waals surface area (Å²) < 4.78 is 50.3. The molecule has 1 amide bonds. The summed E-state index contributed by atoms with van der Waals surface area (Å²) >= 11 is 6.30. The Morgan fingerprint density at radius 3 is 2.48 bits per heavy atom. The van der Waals surface area contributed by atoms with Crippen molar-refractivity contribution in [2.75, 3.05) is 13.7 Å². The number of alkyl halides is 3. The first-order valence-corrected chi connectivity index (χ1v) is 13.1. The van der Waals surface area contributed by atoms with Gasteiger partial charge in [0.1, 0.15) is 0 Å². The van der Waals surface area contributed by atoms with Crippen molar-refractivity contribution in [3.05, 3.63) is 64.6 Å². The van der Waals surface area contributed by atoms with Crippen LogP contribution in [0.4, 0.5) is 13.2 Å². The molecule has 2 heterocycles. The molecule has 0 saturated heterocycles. The molecule has 0 spiro atoms. The summed E-state index contributed by atoms with van der Waals surface area (Å²) in [6, 6.07) is 9.63. The lowest BCUT2D eigenvalue weighted by Crippen LogP contribution is -2.34. The second-order valence-corrected chi connectivity index (χ2v) is 9.91. The maximum absolute atomic E-state index is 12.8. The molecule has 0 radical (unpaired) electrons. The van der Waals surface area contributed by atoms with Crippen LogP contribution in [0.2, 0.25) is 5.02 Å². The van der Waals surface area contributed by atoms with E-state index in [-0.39, 0.29) is 24.3 Å². The fourth-order valence-corrected chi connectivity index (χ4v) is 4.29. The van der Waals surface area contributed by atoms with Crippen molar-refractivity contribution >= 4 is 28.4 Å². The zero-order chi connectivity index (χ0) is 29.6. The van der Waals surface area contributed by atoms with Crippen molar-refractivity contribution in [1.82, 2.24) is 25.3 Å². The van der Waals surface area contributed by atoms with Crippen LogP contribution < -0.4 is 14.8 Å². The first-order valence-electron chi connectivity index (χ1n) is 12.7. The van der Waals surface area contributed by atoms with Gasteiger partial charge in [0.2, 0.25) is 0 Å². The van der Waals surface area contributed by atoms with Crippen LogP contribution >= 0.6 is 11.6 Å². The van der Waals surface area contributed by atoms with Gasteiger partial charge in [-0.25, -0.2) is 4.68 Å². The number of rotatable bonds is 8. The highest BCUT2D eigenvalue weighted by Crippen LogP contribution is 2.33. The first-order chi connectivity index (χ1) is 18.8. The SMILES string of the molecule is CCC(C)c1ccc2[nH]ncc2c1Cl.COc1cc(-n2nc(C(F)(F)F)cc2C)ccc1OCC(=O)NC(C)C. The van der Waals surface area contributed by atoms with Crippen LogP contribution in [-0.4, -0.2) is 45.6 Å². The van der Waals surface area contributed by atoms with Crippen LogP contribution in [0, 0.1) is 6.92 Å². The van der Waals surface area contributed by atoms with Gasteiger partial charge in [-0.15, -0.1) is 0 Å². The van der Waals surface area contributed by atoms with Crippen LogP contribution in [0.25, 0.3) is 16.6 Å². The molecule has 4 rings (SSSR count). The number of halogens is 4. The smallest absolute Gasteiger partial charge is 0.435 e. The van der Waals surface area contributed by atoms with Gasteiger partial charge in [0.25, 0.3) is 5.91 Å². The molecule has 1 unspecified atom stereocenters. The Hall–Kier alpha value is -3.73. The average Bonchev–Trinajstić information content (AvgIpc) is 3.54. The molecule has 2 aromatic carbocycles. The molecule has 2 N–H and O–H groups in total. The Balaban J connectivity index is 0.000000263. The van der Waals surface area contributed by atoms with Gasteiger partial charge in [0.05, 0.1) is 29.5 Å². The molecule has 0 aliphatic heterocycles. The molecule has 2 aromatic heterocycles. The summed E-state index contributed by atoms with van der Waals surface area (Å²) in [5, 5.41) is 15.0. The topological polar surface area (TPSA) is 94.1 Å². The fourth-order valence-electron chi connectivity index (χ4n) is 3.89. The quantitative estimate of drug-likeness (QED) is 0.238. The van der Waals surface area contributed by atoms with Crippen molar-refractivity contribution in [2.45, 2.75) is 59.2 Å². The molecule has 0 fully saturated rings. The molecule has 1 atom stereocenters. The minimum atomic E-state index is -4.52. The fraction of sp³-hybridized carbons (Fsp3) is 0.393. The first kappa shape index (κ1) is 30.8. The Kier molecular flexibility index (Phi) is 10.1. The summed E-state index contributed by atoms with van der Waals surface area (Å²) in [5.74, 6) is 0.796. The second kappa shape index (κ2) is 13.1. The zero-order valence-electron chi connectivity index (χ0n) is 23.2. The second-order valence-electron chi connectivity index (χ2n) is 9.54. The number of H-pyrrole nitrogens is 1. The van der Waals surface area contributed by atoms with Gasteiger partial charge in [-0.3, -0.25) is 9.89 Å². The third-order valence-electron chi connectivity index (χ3n) is 6.11. The molecule has 0 aliphatic rings. The number of methoxy groups -OCH3 is 1. The molecule has 40 heavy (non-hydrogen) atoms. The lowest BCUT2D eigenvalue weighted by Gasteiger charge is -2.14. The summed E-state index contributed by atoms with van der Waals surface area (Å²) in [5.41, 5.74) is 1.95. The summed E-state index contributed by atoms with van der Waals surface area (Å²) in [6.07, 6.45) is -1.64. The van der Waals surface area contributed by atoms with Crippen molar-refractivity contribution in [3.63, 3.8) is 0 Å². The molecule has 8 nitrogen and oxygen atoms in total. The van der Waals surface area contributed by atoms with Gasteiger partial charge in [-0.1, -0.05) is 31.5 Å². The number of aromatic nitrogens is 4. The van der Waals surface area contributed by atoms with Crippen molar-refractivity contribution in [3.8, 4) is 17.2 Å². The van der Waals surface area contributed by atoms with Crippen LogP contribution in [0.15, 0.2) is 42.6 Å². The average molecular weight is 580 g/mol. The number of nitrogens with zero attached hydrogens (tertiary/aromatic N) is 3. The molecular weight excluding hydrogens is 547 g/mol. The summed E-state index contributed by atoms with van der Waals surface area (Å²) in [4.78, 5) is 11.7. The number of carbonyl (C=O) groups is 1. The lowest BCUT2D eigenvalue weighted by atomic mass is 9.97. The van der Waals surface area contributed by atoms with Crippen molar-refractivity contribution < 1.29 is 27.4 Å². The number of aromatic amines is 1. The van der Waals surface area contributed by atoms with E-state index in [2.05, 4.69) is 40.5 Å². The standard InChI is InChI=1S/C17H20F3N3O3.C11H13ClN2/c1-10(2)21-16(24)9-26-13-6-5-12(8-14(13)25-4)23-11(3)7-15(22-23)17(18,19)20;1-3-7(2)8-4-5-10-9(11(8)12)6-13-14-10/h5-8,10H,9H2,1-4H3,(H,21,24);4-7H,3H2,1-2H3,(H,13,14). The van der Waals surface area contributed by atoms with E-state index in [1.54, 1.807) is 12.3 Å². The largest absolute Gasteiger partial charge is 0.493 e. The molecule has 216 valence electrons. The summed E-state index contributed by atoms with van der Waals surface area (Å²) in [7, 11) is 1.40. The number of nitrogens with one attached hydrogen (secondary N) is 2. The minimum Gasteiger partial charge on any atom is -0.493 e. The van der Waals surface area contributed by atoms with E-state index in [0.29, 0.717) is 23.0 Å². The number of fused-ring (bicyclic) bond motifs is 1. The van der Waals surface area contributed by atoms with Gasteiger partial charge in [-0.05, 0) is 62.9 Å². The van der Waals surface area contributed by atoms with Gasteiger partial charge in [0, 0.05) is 23.2 Å². The van der Waals surface area contributed by atoms with E-state index >= 15 is 0 Å². The van der Waals surface area contributed by atoms with Crippen molar-refractivity contribution in [1.29, 1.82) is 0 Å². The Bertz CT molecular complexity index is 1450. The Morgan fingerprint density at radius 2 is 1.88 bits per heavy atom. The molecular formula is C28H33ClF3N5O3. The van der Waals surface area contributed by atoms with Gasteiger partial charge >= 0.3 is 6.18 Å². The summed E-state index contributed by atoms with van der Waals surface area (Å²) in [6.45, 7) is 9.33. The van der Waals surface area contributed by atoms with Crippen LogP contribution in [0.1, 0.15) is 57.0 Å². The maximum atomic E-state index is 12.8. The predicted octanol–water partition coefficient (Wildman–Crippen LogP) is 6.84. The highest BCUT2D eigenvalue weighted by molar-refractivity contribution is 6.36. The van der Waals surface area contributed by atoms with Crippen LogP contribution in [0.5, 0.6) is 11.5 Å². The van der Waals surface area contributed by atoms with E-state index in [1.807, 2.05) is 19.9 Å². The molecule has 0 saturated carbocycles. The van der Waals surface area contributed by atoms with Gasteiger partial charge in [0.15, 0.2) is 23.8 Å². The van der Waals surface area contributed by atoms with E-state index in [0.717, 1.165) is 28.4 Å². The van der Waals surface area contributed by atoms with E-state index in [1.165, 1.54) is 36.4 Å². The number of ether oxygens (including phenoxy) is 2. The number of amides is 1. The van der Waals surface area contributed by atoms with E-state index in [4.69, 9.17) is 21.1 Å². The predicted molar refractivity (Wildman–Crippen MR) is 148 cm³/mol. The third-order valence-corrected chi connectivity index (χ3v) is 6.53. The van der Waals surface area contributed by atoms with Crippen LogP contribution in [0.3, 0.4) is 0 Å². The lowest BCUT2D eigenvalue weighted by molar-refractivity contribution is -0.141. The normalized spacial score (nSPS) is 12.2. The molecule has 4 aromatic rings. The van der Waals surface area contributed by atoms with Crippen molar-refractivity contribution in [2.24, 2.45) is 0 Å². The number of hydrogen-bond acceptors (Lipinski definition) is 5.